The topological polar surface area (TPSA) is 63.7 Å². The number of amides is 1. The summed E-state index contributed by atoms with van der Waals surface area (Å²) < 4.78 is 11.2. The first kappa shape index (κ1) is 28.2. The lowest BCUT2D eigenvalue weighted by Crippen LogP contribution is -2.24. The van der Waals surface area contributed by atoms with Crippen LogP contribution in [0.4, 0.5) is 5.13 Å². The number of methoxy groups -OCH3 is 2. The number of carbonyl (C=O) groups is 1. The number of rotatable bonds is 11. The molecule has 4 aromatic carbocycles. The zero-order valence-electron chi connectivity index (χ0n) is 22.8. The first-order chi connectivity index (χ1) is 20.0. The summed E-state index contributed by atoms with van der Waals surface area (Å²) in [7, 11) is 3.29. The Morgan fingerprint density at radius 1 is 0.878 bits per heavy atom. The van der Waals surface area contributed by atoms with Crippen LogP contribution in [0.3, 0.4) is 0 Å². The minimum absolute atomic E-state index is 0.137. The van der Waals surface area contributed by atoms with Gasteiger partial charge in [-0.3, -0.25) is 4.79 Å². The first-order valence-corrected chi connectivity index (χ1v) is 14.4. The van der Waals surface area contributed by atoms with Crippen LogP contribution in [0.25, 0.3) is 11.3 Å². The summed E-state index contributed by atoms with van der Waals surface area (Å²) in [5, 5.41) is 6.57. The molecule has 0 atom stereocenters. The number of carbonyl (C=O) groups excluding carboxylic acids is 1. The third-order valence-electron chi connectivity index (χ3n) is 6.61. The lowest BCUT2D eigenvalue weighted by atomic mass is 10.1. The number of para-hydroxylation sites is 1. The van der Waals surface area contributed by atoms with E-state index in [4.69, 9.17) is 26.1 Å². The van der Waals surface area contributed by atoms with E-state index < -0.39 is 0 Å². The van der Waals surface area contributed by atoms with E-state index in [2.05, 4.69) is 27.7 Å². The van der Waals surface area contributed by atoms with Crippen LogP contribution in [0.1, 0.15) is 27.0 Å². The number of nitrogens with one attached hydrogen (secondary N) is 1. The number of halogens is 1. The lowest BCUT2D eigenvalue weighted by Gasteiger charge is -2.24. The average Bonchev–Trinajstić information content (AvgIpc) is 3.51. The van der Waals surface area contributed by atoms with Gasteiger partial charge in [-0.15, -0.1) is 11.3 Å². The van der Waals surface area contributed by atoms with Crippen molar-refractivity contribution in [2.24, 2.45) is 0 Å². The standard InChI is InChI=1S/C33H30ClN3O3S/c1-39-30-13-7-11-27(31(30)40-2)21-37(33-36-29(22-41-33)25-9-4-3-5-10-25)20-23-14-16-26(17-15-23)32(38)35-19-24-8-6-12-28(34)18-24/h3-18,22H,19-21H2,1-2H3,(H,35,38). The van der Waals surface area contributed by atoms with Gasteiger partial charge in [-0.05, 0) is 41.5 Å². The summed E-state index contributed by atoms with van der Waals surface area (Å²) in [6.45, 7) is 1.56. The Hall–Kier alpha value is -4.33. The van der Waals surface area contributed by atoms with Crippen LogP contribution in [-0.4, -0.2) is 25.1 Å². The van der Waals surface area contributed by atoms with E-state index in [1.54, 1.807) is 25.6 Å². The number of aromatic nitrogens is 1. The van der Waals surface area contributed by atoms with Crippen LogP contribution in [0, 0.1) is 0 Å². The molecule has 0 aliphatic carbocycles. The summed E-state index contributed by atoms with van der Waals surface area (Å²) in [6.07, 6.45) is 0. The second-order valence-electron chi connectivity index (χ2n) is 9.40. The van der Waals surface area contributed by atoms with E-state index in [0.29, 0.717) is 41.7 Å². The van der Waals surface area contributed by atoms with Gasteiger partial charge < -0.3 is 19.7 Å². The van der Waals surface area contributed by atoms with E-state index in [0.717, 1.165) is 33.1 Å². The van der Waals surface area contributed by atoms with Crippen LogP contribution in [-0.2, 0) is 19.6 Å². The molecule has 5 aromatic rings. The maximum atomic E-state index is 12.8. The molecule has 0 bridgehead atoms. The Morgan fingerprint density at radius 3 is 2.39 bits per heavy atom. The van der Waals surface area contributed by atoms with Gasteiger partial charge in [0, 0.05) is 46.7 Å². The highest BCUT2D eigenvalue weighted by Crippen LogP contribution is 2.35. The minimum atomic E-state index is -0.137. The van der Waals surface area contributed by atoms with Crippen molar-refractivity contribution in [1.29, 1.82) is 0 Å². The molecule has 6 nitrogen and oxygen atoms in total. The molecule has 0 aliphatic rings. The third kappa shape index (κ3) is 7.06. The first-order valence-electron chi connectivity index (χ1n) is 13.1. The fraction of sp³-hybridized carbons (Fsp3) is 0.152. The fourth-order valence-corrected chi connectivity index (χ4v) is 5.59. The summed E-state index contributed by atoms with van der Waals surface area (Å²) in [6, 6.07) is 31.2. The molecule has 0 unspecified atom stereocenters. The van der Waals surface area contributed by atoms with Crippen molar-refractivity contribution in [2.75, 3.05) is 19.1 Å². The summed E-state index contributed by atoms with van der Waals surface area (Å²) in [5.41, 5.74) is 5.58. The molecule has 208 valence electrons. The molecule has 0 fully saturated rings. The predicted octanol–water partition coefficient (Wildman–Crippen LogP) is 7.62. The Bertz CT molecular complexity index is 1610. The zero-order chi connectivity index (χ0) is 28.6. The molecule has 1 heterocycles. The fourth-order valence-electron chi connectivity index (χ4n) is 4.54. The Balaban J connectivity index is 1.36. The van der Waals surface area contributed by atoms with Gasteiger partial charge in [-0.1, -0.05) is 78.3 Å². The van der Waals surface area contributed by atoms with Crippen molar-refractivity contribution in [3.05, 3.63) is 130 Å². The monoisotopic (exact) mass is 583 g/mol. The van der Waals surface area contributed by atoms with Crippen molar-refractivity contribution < 1.29 is 14.3 Å². The molecule has 1 N–H and O–H groups in total. The highest BCUT2D eigenvalue weighted by Gasteiger charge is 2.18. The molecular weight excluding hydrogens is 554 g/mol. The Kier molecular flexibility index (Phi) is 9.19. The molecule has 0 spiro atoms. The molecule has 5 rings (SSSR count). The minimum Gasteiger partial charge on any atom is -0.493 e. The second kappa shape index (κ2) is 13.4. The van der Waals surface area contributed by atoms with Crippen molar-refractivity contribution in [1.82, 2.24) is 10.3 Å². The van der Waals surface area contributed by atoms with E-state index in [9.17, 15) is 4.79 Å². The molecular formula is C33H30ClN3O3S. The van der Waals surface area contributed by atoms with E-state index >= 15 is 0 Å². The maximum absolute atomic E-state index is 12.8. The number of hydrogen-bond acceptors (Lipinski definition) is 6. The number of ether oxygens (including phenoxy) is 2. The van der Waals surface area contributed by atoms with Gasteiger partial charge in [0.1, 0.15) is 0 Å². The average molecular weight is 584 g/mol. The zero-order valence-corrected chi connectivity index (χ0v) is 24.4. The smallest absolute Gasteiger partial charge is 0.251 e. The number of benzene rings is 4. The molecule has 0 aliphatic heterocycles. The van der Waals surface area contributed by atoms with E-state index in [1.165, 1.54) is 0 Å². The predicted molar refractivity (Wildman–Crippen MR) is 166 cm³/mol. The number of thiazole rings is 1. The maximum Gasteiger partial charge on any atom is 0.251 e. The number of anilines is 1. The van der Waals surface area contributed by atoms with Crippen LogP contribution >= 0.6 is 22.9 Å². The molecule has 0 saturated heterocycles. The third-order valence-corrected chi connectivity index (χ3v) is 7.75. The van der Waals surface area contributed by atoms with Crippen molar-refractivity contribution in [2.45, 2.75) is 19.6 Å². The van der Waals surface area contributed by atoms with E-state index in [1.807, 2.05) is 84.9 Å². The molecule has 8 heteroatoms. The SMILES string of the molecule is COc1cccc(CN(Cc2ccc(C(=O)NCc3cccc(Cl)c3)cc2)c2nc(-c3ccccc3)cs2)c1OC. The van der Waals surface area contributed by atoms with Crippen LogP contribution < -0.4 is 19.7 Å². The van der Waals surface area contributed by atoms with E-state index in [-0.39, 0.29) is 5.91 Å². The second-order valence-corrected chi connectivity index (χ2v) is 10.7. The Morgan fingerprint density at radius 2 is 1.66 bits per heavy atom. The molecule has 41 heavy (non-hydrogen) atoms. The summed E-state index contributed by atoms with van der Waals surface area (Å²) >= 11 is 7.66. The summed E-state index contributed by atoms with van der Waals surface area (Å²) in [5.74, 6) is 1.25. The van der Waals surface area contributed by atoms with Crippen LogP contribution in [0.15, 0.2) is 102 Å². The molecule has 1 amide bonds. The van der Waals surface area contributed by atoms with Gasteiger partial charge in [-0.25, -0.2) is 4.98 Å². The largest absolute Gasteiger partial charge is 0.493 e. The van der Waals surface area contributed by atoms with Gasteiger partial charge in [-0.2, -0.15) is 0 Å². The van der Waals surface area contributed by atoms with Crippen molar-refractivity contribution in [3.63, 3.8) is 0 Å². The quantitative estimate of drug-likeness (QED) is 0.173. The summed E-state index contributed by atoms with van der Waals surface area (Å²) in [4.78, 5) is 20.0. The van der Waals surface area contributed by atoms with Gasteiger partial charge in [0.25, 0.3) is 5.91 Å². The number of hydrogen-bond donors (Lipinski definition) is 1. The van der Waals surface area contributed by atoms with Gasteiger partial charge in [0.15, 0.2) is 16.6 Å². The number of nitrogens with zero attached hydrogens (tertiary/aromatic N) is 2. The van der Waals surface area contributed by atoms with Gasteiger partial charge in [0.2, 0.25) is 0 Å². The molecule has 0 radical (unpaired) electrons. The lowest BCUT2D eigenvalue weighted by molar-refractivity contribution is 0.0951. The van der Waals surface area contributed by atoms with Gasteiger partial charge >= 0.3 is 0 Å². The normalized spacial score (nSPS) is 10.7. The van der Waals surface area contributed by atoms with Crippen LogP contribution in [0.5, 0.6) is 11.5 Å². The Labute approximate surface area is 249 Å². The highest BCUT2D eigenvalue weighted by molar-refractivity contribution is 7.14. The molecule has 1 aromatic heterocycles. The van der Waals surface area contributed by atoms with Crippen molar-refractivity contribution in [3.8, 4) is 22.8 Å². The molecule has 0 saturated carbocycles. The highest BCUT2D eigenvalue weighted by atomic mass is 35.5. The van der Waals surface area contributed by atoms with Crippen LogP contribution in [0.2, 0.25) is 5.02 Å². The van der Waals surface area contributed by atoms with Gasteiger partial charge in [0.05, 0.1) is 19.9 Å². The van der Waals surface area contributed by atoms with Crippen molar-refractivity contribution >= 4 is 34.0 Å².